The Hall–Kier alpha value is -1.46. The van der Waals surface area contributed by atoms with Crippen LogP contribution in [0.3, 0.4) is 0 Å². The van der Waals surface area contributed by atoms with Gasteiger partial charge in [-0.05, 0) is 12.1 Å². The Morgan fingerprint density at radius 2 is 2.56 bits per heavy atom. The Morgan fingerprint density at radius 3 is 3.12 bits per heavy atom. The van der Waals surface area contributed by atoms with Crippen LogP contribution in [0.1, 0.15) is 16.8 Å². The molecule has 5 heteroatoms. The normalized spacial score (nSPS) is 31.6. The van der Waals surface area contributed by atoms with Gasteiger partial charge in [0.2, 0.25) is 0 Å². The quantitative estimate of drug-likeness (QED) is 0.624. The highest BCUT2D eigenvalue weighted by Gasteiger charge is 2.45. The van der Waals surface area contributed by atoms with Gasteiger partial charge in [0, 0.05) is 37.9 Å². The maximum atomic E-state index is 12.0. The predicted octanol–water partition coefficient (Wildman–Crippen LogP) is -0.527. The monoisotopic (exact) mass is 218 g/mol. The number of amides is 1. The number of nitrogens with one attached hydrogen (secondary N) is 3. The summed E-state index contributed by atoms with van der Waals surface area (Å²) in [6, 6.07) is 4.03. The average molecular weight is 218 g/mol. The molecule has 3 N–H and O–H groups in total. The first-order valence-corrected chi connectivity index (χ1v) is 5.48. The van der Waals surface area contributed by atoms with E-state index >= 15 is 0 Å². The average Bonchev–Trinajstić information content (AvgIpc) is 2.90. The molecule has 2 atom stereocenters. The van der Waals surface area contributed by atoms with E-state index in [1.54, 1.807) is 24.5 Å². The van der Waals surface area contributed by atoms with Crippen molar-refractivity contribution in [3.8, 4) is 0 Å². The highest BCUT2D eigenvalue weighted by molar-refractivity contribution is 5.94. The highest BCUT2D eigenvalue weighted by Crippen LogP contribution is 2.22. The van der Waals surface area contributed by atoms with Crippen LogP contribution in [0.25, 0.3) is 0 Å². The number of pyridine rings is 1. The third kappa shape index (κ3) is 1.58. The zero-order valence-corrected chi connectivity index (χ0v) is 8.86. The molecule has 2 fully saturated rings. The van der Waals surface area contributed by atoms with Gasteiger partial charge in [0.15, 0.2) is 0 Å². The molecule has 0 aliphatic carbocycles. The summed E-state index contributed by atoms with van der Waals surface area (Å²) in [4.78, 5) is 15.9. The van der Waals surface area contributed by atoms with Crippen molar-refractivity contribution in [3.05, 3.63) is 30.1 Å². The third-order valence-electron chi connectivity index (χ3n) is 3.25. The fourth-order valence-electron chi connectivity index (χ4n) is 2.41. The molecular weight excluding hydrogens is 204 g/mol. The predicted molar refractivity (Wildman–Crippen MR) is 58.8 cm³/mol. The second-order valence-corrected chi connectivity index (χ2v) is 4.44. The lowest BCUT2D eigenvalue weighted by Gasteiger charge is -2.28. The van der Waals surface area contributed by atoms with E-state index in [4.69, 9.17) is 0 Å². The fourth-order valence-corrected chi connectivity index (χ4v) is 2.41. The number of fused-ring (bicyclic) bond motifs is 2. The zero-order valence-electron chi connectivity index (χ0n) is 8.86. The molecule has 0 saturated carbocycles. The standard InChI is InChI=1S/C11H14N4O/c16-10(8-2-1-3-12-5-8)15-11-4-9(6-14-11)13-7-11/h1-3,5,9,13-14H,4,6-7H2,(H,15,16). The first-order chi connectivity index (χ1) is 7.77. The van der Waals surface area contributed by atoms with Crippen LogP contribution in [-0.4, -0.2) is 35.7 Å². The van der Waals surface area contributed by atoms with E-state index in [0.717, 1.165) is 19.5 Å². The second kappa shape index (κ2) is 3.54. The van der Waals surface area contributed by atoms with E-state index in [-0.39, 0.29) is 11.6 Å². The number of carbonyl (C=O) groups is 1. The summed E-state index contributed by atoms with van der Waals surface area (Å²) < 4.78 is 0. The van der Waals surface area contributed by atoms with Gasteiger partial charge in [-0.25, -0.2) is 0 Å². The Bertz CT molecular complexity index is 398. The molecule has 1 aromatic heterocycles. The number of hydrogen-bond acceptors (Lipinski definition) is 4. The summed E-state index contributed by atoms with van der Waals surface area (Å²) in [5.41, 5.74) is 0.353. The molecule has 3 rings (SSSR count). The molecular formula is C11H14N4O. The molecule has 0 aromatic carbocycles. The molecule has 2 aliphatic rings. The SMILES string of the molecule is O=C(NC12CNC(CN1)C2)c1cccnc1. The number of rotatable bonds is 2. The van der Waals surface area contributed by atoms with Crippen LogP contribution in [0.5, 0.6) is 0 Å². The van der Waals surface area contributed by atoms with E-state index in [1.165, 1.54) is 0 Å². The lowest BCUT2D eigenvalue weighted by atomic mass is 10.1. The molecule has 1 aromatic rings. The van der Waals surface area contributed by atoms with Crippen molar-refractivity contribution in [3.63, 3.8) is 0 Å². The van der Waals surface area contributed by atoms with E-state index in [1.807, 2.05) is 0 Å². The molecule has 84 valence electrons. The maximum absolute atomic E-state index is 12.0. The van der Waals surface area contributed by atoms with E-state index in [0.29, 0.717) is 11.6 Å². The number of hydrogen-bond donors (Lipinski definition) is 3. The van der Waals surface area contributed by atoms with Crippen molar-refractivity contribution in [2.45, 2.75) is 18.1 Å². The summed E-state index contributed by atoms with van der Waals surface area (Å²) >= 11 is 0. The third-order valence-corrected chi connectivity index (χ3v) is 3.25. The minimum absolute atomic E-state index is 0.0649. The van der Waals surface area contributed by atoms with Gasteiger partial charge in [0.1, 0.15) is 5.66 Å². The number of piperazine rings is 1. The Labute approximate surface area is 93.6 Å². The molecule has 3 heterocycles. The molecule has 2 aliphatic heterocycles. The van der Waals surface area contributed by atoms with Crippen molar-refractivity contribution in [2.24, 2.45) is 0 Å². The molecule has 0 radical (unpaired) electrons. The van der Waals surface area contributed by atoms with Crippen LogP contribution in [0.15, 0.2) is 24.5 Å². The largest absolute Gasteiger partial charge is 0.333 e. The highest BCUT2D eigenvalue weighted by atomic mass is 16.2. The van der Waals surface area contributed by atoms with Crippen molar-refractivity contribution in [2.75, 3.05) is 13.1 Å². The second-order valence-electron chi connectivity index (χ2n) is 4.44. The van der Waals surface area contributed by atoms with Gasteiger partial charge in [0.05, 0.1) is 5.56 Å². The topological polar surface area (TPSA) is 66.1 Å². The van der Waals surface area contributed by atoms with Gasteiger partial charge >= 0.3 is 0 Å². The lowest BCUT2D eigenvalue weighted by Crippen LogP contribution is -2.60. The van der Waals surface area contributed by atoms with E-state index < -0.39 is 0 Å². The molecule has 16 heavy (non-hydrogen) atoms. The lowest BCUT2D eigenvalue weighted by molar-refractivity contribution is 0.0894. The van der Waals surface area contributed by atoms with Gasteiger partial charge in [0.25, 0.3) is 5.91 Å². The van der Waals surface area contributed by atoms with Crippen LogP contribution in [0.4, 0.5) is 0 Å². The summed E-state index contributed by atoms with van der Waals surface area (Å²) in [6.07, 6.45) is 4.20. The van der Waals surface area contributed by atoms with Crippen LogP contribution in [0.2, 0.25) is 0 Å². The van der Waals surface area contributed by atoms with Crippen molar-refractivity contribution >= 4 is 5.91 Å². The Kier molecular flexibility index (Phi) is 2.15. The number of nitrogens with zero attached hydrogens (tertiary/aromatic N) is 1. The van der Waals surface area contributed by atoms with Crippen LogP contribution in [0, 0.1) is 0 Å². The first-order valence-electron chi connectivity index (χ1n) is 5.48. The summed E-state index contributed by atoms with van der Waals surface area (Å²) in [6.45, 7) is 1.72. The Balaban J connectivity index is 1.74. The minimum Gasteiger partial charge on any atom is -0.333 e. The molecule has 2 unspecified atom stereocenters. The number of carbonyl (C=O) groups excluding carboxylic acids is 1. The summed E-state index contributed by atoms with van der Waals surface area (Å²) in [5.74, 6) is -0.0649. The van der Waals surface area contributed by atoms with Gasteiger partial charge in [-0.3, -0.25) is 15.1 Å². The first kappa shape index (κ1) is 9.74. The summed E-state index contributed by atoms with van der Waals surface area (Å²) in [7, 11) is 0. The van der Waals surface area contributed by atoms with Crippen molar-refractivity contribution in [1.29, 1.82) is 0 Å². The molecule has 2 saturated heterocycles. The van der Waals surface area contributed by atoms with Gasteiger partial charge in [-0.15, -0.1) is 0 Å². The molecule has 0 spiro atoms. The maximum Gasteiger partial charge on any atom is 0.254 e. The van der Waals surface area contributed by atoms with Crippen LogP contribution < -0.4 is 16.0 Å². The Morgan fingerprint density at radius 1 is 1.62 bits per heavy atom. The van der Waals surface area contributed by atoms with Crippen molar-refractivity contribution in [1.82, 2.24) is 20.9 Å². The van der Waals surface area contributed by atoms with Crippen molar-refractivity contribution < 1.29 is 4.79 Å². The van der Waals surface area contributed by atoms with Gasteiger partial charge < -0.3 is 10.6 Å². The molecule has 1 amide bonds. The van der Waals surface area contributed by atoms with Gasteiger partial charge in [-0.2, -0.15) is 0 Å². The molecule has 2 bridgehead atoms. The van der Waals surface area contributed by atoms with E-state index in [2.05, 4.69) is 20.9 Å². The minimum atomic E-state index is -0.252. The fraction of sp³-hybridized carbons (Fsp3) is 0.455. The zero-order chi connectivity index (χ0) is 11.0. The molecule has 5 nitrogen and oxygen atoms in total. The van der Waals surface area contributed by atoms with Crippen LogP contribution >= 0.6 is 0 Å². The number of aromatic nitrogens is 1. The van der Waals surface area contributed by atoms with Crippen LogP contribution in [-0.2, 0) is 0 Å². The van der Waals surface area contributed by atoms with E-state index in [9.17, 15) is 4.79 Å². The van der Waals surface area contributed by atoms with Gasteiger partial charge in [-0.1, -0.05) is 0 Å². The smallest absolute Gasteiger partial charge is 0.254 e. The summed E-state index contributed by atoms with van der Waals surface area (Å²) in [5, 5.41) is 9.76.